The van der Waals surface area contributed by atoms with Crippen molar-refractivity contribution in [2.24, 2.45) is 0 Å². The first-order valence-electron chi connectivity index (χ1n) is 11.5. The molecule has 0 unspecified atom stereocenters. The fourth-order valence-corrected chi connectivity index (χ4v) is 4.43. The molecule has 0 fully saturated rings. The lowest BCUT2D eigenvalue weighted by Crippen LogP contribution is -2.40. The van der Waals surface area contributed by atoms with E-state index in [0.717, 1.165) is 12.8 Å². The molecular weight excluding hydrogens is 487 g/mol. The maximum Gasteiger partial charge on any atom is 0.485 e. The maximum absolute atomic E-state index is 10.7. The lowest BCUT2D eigenvalue weighted by atomic mass is 9.87. The Kier molecular flexibility index (Phi) is 7.56. The molecule has 3 aromatic carbocycles. The second kappa shape index (κ2) is 10.6. The monoisotopic (exact) mass is 511 g/mol. The highest BCUT2D eigenvalue weighted by molar-refractivity contribution is 7.86. The van der Waals surface area contributed by atoms with Crippen LogP contribution in [0.4, 0.5) is 13.2 Å². The van der Waals surface area contributed by atoms with Crippen molar-refractivity contribution >= 4 is 10.1 Å². The molecule has 0 bridgehead atoms. The van der Waals surface area contributed by atoms with Gasteiger partial charge in [0.2, 0.25) is 11.4 Å². The molecule has 0 saturated heterocycles. The van der Waals surface area contributed by atoms with Crippen LogP contribution in [0.25, 0.3) is 28.1 Å². The second-order valence-electron chi connectivity index (χ2n) is 8.38. The Hall–Kier alpha value is -3.49. The van der Waals surface area contributed by atoms with Crippen LogP contribution in [-0.2, 0) is 23.0 Å². The number of rotatable bonds is 3. The molecule has 0 atom stereocenters. The van der Waals surface area contributed by atoms with Crippen LogP contribution in [0.15, 0.2) is 97.1 Å². The summed E-state index contributed by atoms with van der Waals surface area (Å²) in [5, 5.41) is 0. The van der Waals surface area contributed by atoms with Crippen LogP contribution in [0.2, 0.25) is 0 Å². The molecule has 1 aromatic heterocycles. The van der Waals surface area contributed by atoms with Crippen molar-refractivity contribution < 1.29 is 30.7 Å². The highest BCUT2D eigenvalue weighted by Gasteiger charge is 2.37. The molecule has 0 saturated carbocycles. The number of aromatic nitrogens is 1. The molecule has 8 heteroatoms. The summed E-state index contributed by atoms with van der Waals surface area (Å²) in [5.41, 5.74) is 3.83. The third-order valence-electron chi connectivity index (χ3n) is 6.01. The van der Waals surface area contributed by atoms with Gasteiger partial charge in [0, 0.05) is 35.7 Å². The lowest BCUT2D eigenvalue weighted by molar-refractivity contribution is -0.593. The Balaban J connectivity index is 0.000000331. The summed E-state index contributed by atoms with van der Waals surface area (Å²) < 4.78 is 61.4. The summed E-state index contributed by atoms with van der Waals surface area (Å²) in [6.45, 7) is 0. The maximum atomic E-state index is 10.7. The number of alkyl halides is 3. The first-order valence-corrected chi connectivity index (χ1v) is 12.9. The number of para-hydroxylation sites is 1. The van der Waals surface area contributed by atoms with Crippen molar-refractivity contribution in [2.45, 2.75) is 31.2 Å². The largest absolute Gasteiger partial charge is 0.741 e. The Labute approximate surface area is 208 Å². The fraction of sp³-hybridized carbons (Fsp3) is 0.179. The van der Waals surface area contributed by atoms with Crippen LogP contribution < -0.4 is 4.57 Å². The van der Waals surface area contributed by atoms with Gasteiger partial charge in [-0.3, -0.25) is 0 Å². The lowest BCUT2D eigenvalue weighted by Gasteiger charge is -2.20. The SMILES string of the molecule is O=S(=O)([O-])C(F)(F)F.c1ccc(-c2cc(-c3ccccc3)[n+](-c3ccccc3)c3c2CCCC3)cc1. The molecule has 1 aliphatic carbocycles. The summed E-state index contributed by atoms with van der Waals surface area (Å²) in [4.78, 5) is 0. The third kappa shape index (κ3) is 5.66. The number of hydrogen-bond acceptors (Lipinski definition) is 3. The molecule has 4 nitrogen and oxygen atoms in total. The Morgan fingerprint density at radius 3 is 1.72 bits per heavy atom. The van der Waals surface area contributed by atoms with E-state index in [0.29, 0.717) is 0 Å². The van der Waals surface area contributed by atoms with Crippen molar-refractivity contribution in [2.75, 3.05) is 0 Å². The summed E-state index contributed by atoms with van der Waals surface area (Å²) >= 11 is 0. The molecule has 0 aliphatic heterocycles. The van der Waals surface area contributed by atoms with Gasteiger partial charge in [0.1, 0.15) is 0 Å². The zero-order valence-corrected chi connectivity index (χ0v) is 20.1. The number of halogens is 3. The van der Waals surface area contributed by atoms with Gasteiger partial charge in [-0.25, -0.2) is 8.42 Å². The van der Waals surface area contributed by atoms with Gasteiger partial charge in [0.05, 0.1) is 0 Å². The smallest absolute Gasteiger partial charge is 0.485 e. The van der Waals surface area contributed by atoms with Crippen LogP contribution >= 0.6 is 0 Å². The van der Waals surface area contributed by atoms with Crippen molar-refractivity contribution in [1.29, 1.82) is 0 Å². The number of benzene rings is 3. The minimum Gasteiger partial charge on any atom is -0.741 e. The zero-order valence-electron chi connectivity index (χ0n) is 19.3. The second-order valence-corrected chi connectivity index (χ2v) is 9.75. The van der Waals surface area contributed by atoms with Gasteiger partial charge in [-0.15, -0.1) is 0 Å². The van der Waals surface area contributed by atoms with Gasteiger partial charge < -0.3 is 4.55 Å². The Morgan fingerprint density at radius 1 is 0.722 bits per heavy atom. The summed E-state index contributed by atoms with van der Waals surface area (Å²) in [7, 11) is -6.09. The first-order chi connectivity index (χ1) is 17.2. The fourth-order valence-electron chi connectivity index (χ4n) is 4.43. The van der Waals surface area contributed by atoms with E-state index in [1.807, 2.05) is 0 Å². The molecule has 186 valence electrons. The summed E-state index contributed by atoms with van der Waals surface area (Å²) in [5.74, 6) is 0. The van der Waals surface area contributed by atoms with Crippen molar-refractivity contribution in [3.63, 3.8) is 0 Å². The predicted octanol–water partition coefficient (Wildman–Crippen LogP) is 6.23. The van der Waals surface area contributed by atoms with Crippen LogP contribution in [0.3, 0.4) is 0 Å². The molecular formula is C28H24F3NO3S. The number of pyridine rings is 1. The highest BCUT2D eigenvalue weighted by Crippen LogP contribution is 2.34. The van der Waals surface area contributed by atoms with E-state index in [9.17, 15) is 13.2 Å². The molecule has 1 aliphatic rings. The molecule has 4 aromatic rings. The highest BCUT2D eigenvalue weighted by atomic mass is 32.2. The van der Waals surface area contributed by atoms with Gasteiger partial charge >= 0.3 is 5.51 Å². The molecule has 5 rings (SSSR count). The van der Waals surface area contributed by atoms with Gasteiger partial charge in [-0.2, -0.15) is 17.7 Å². The standard InChI is InChI=1S/C27H24N.CHF3O3S/c1-4-12-21(13-5-1)25-20-27(22-14-6-2-7-15-22)28(23-16-8-3-9-17-23)26-19-11-10-18-24(25)26;2-1(3,4)8(5,6)7/h1-9,12-17,20H,10-11,18-19H2;(H,5,6,7)/q+1;/p-1. The minimum absolute atomic E-state index is 1.13. The van der Waals surface area contributed by atoms with E-state index in [2.05, 4.69) is 102 Å². The van der Waals surface area contributed by atoms with Gasteiger partial charge in [-0.05, 0) is 42.5 Å². The van der Waals surface area contributed by atoms with Gasteiger partial charge in [-0.1, -0.05) is 66.7 Å². The normalized spacial score (nSPS) is 13.3. The molecule has 0 radical (unpaired) electrons. The minimum atomic E-state index is -6.09. The average Bonchev–Trinajstić information content (AvgIpc) is 2.88. The van der Waals surface area contributed by atoms with Crippen molar-refractivity contribution in [3.05, 3.63) is 108 Å². The molecule has 0 amide bonds. The molecule has 36 heavy (non-hydrogen) atoms. The van der Waals surface area contributed by atoms with Crippen LogP contribution in [-0.4, -0.2) is 18.5 Å². The van der Waals surface area contributed by atoms with E-state index in [-0.39, 0.29) is 0 Å². The summed E-state index contributed by atoms with van der Waals surface area (Å²) in [6.07, 6.45) is 4.81. The summed E-state index contributed by atoms with van der Waals surface area (Å²) in [6, 6.07) is 34.9. The predicted molar refractivity (Wildman–Crippen MR) is 131 cm³/mol. The van der Waals surface area contributed by atoms with Gasteiger partial charge in [0.15, 0.2) is 15.8 Å². The van der Waals surface area contributed by atoms with E-state index in [1.165, 1.54) is 52.2 Å². The number of fused-ring (bicyclic) bond motifs is 1. The van der Waals surface area contributed by atoms with Crippen molar-refractivity contribution in [3.8, 4) is 28.1 Å². The first kappa shape index (κ1) is 25.6. The third-order valence-corrected chi connectivity index (χ3v) is 6.57. The number of hydrogen-bond donors (Lipinski definition) is 0. The van der Waals surface area contributed by atoms with Crippen LogP contribution in [0.5, 0.6) is 0 Å². The Morgan fingerprint density at radius 2 is 1.19 bits per heavy atom. The van der Waals surface area contributed by atoms with E-state index < -0.39 is 15.6 Å². The topological polar surface area (TPSA) is 61.1 Å². The van der Waals surface area contributed by atoms with E-state index in [1.54, 1.807) is 0 Å². The van der Waals surface area contributed by atoms with E-state index >= 15 is 0 Å². The quantitative estimate of drug-likeness (QED) is 0.186. The average molecular weight is 512 g/mol. The van der Waals surface area contributed by atoms with Crippen LogP contribution in [0, 0.1) is 0 Å². The van der Waals surface area contributed by atoms with E-state index in [4.69, 9.17) is 13.0 Å². The molecule has 0 spiro atoms. The molecule has 1 heterocycles. The zero-order chi connectivity index (χ0) is 25.8. The Bertz CT molecular complexity index is 1420. The number of nitrogens with zero attached hydrogens (tertiary/aromatic N) is 1. The molecule has 0 N–H and O–H groups in total. The van der Waals surface area contributed by atoms with Crippen molar-refractivity contribution in [1.82, 2.24) is 0 Å². The van der Waals surface area contributed by atoms with Gasteiger partial charge in [0.25, 0.3) is 0 Å². The van der Waals surface area contributed by atoms with Crippen LogP contribution in [0.1, 0.15) is 24.1 Å².